The van der Waals surface area contributed by atoms with Gasteiger partial charge >= 0.3 is 0 Å². The van der Waals surface area contributed by atoms with E-state index in [1.54, 1.807) is 0 Å². The minimum absolute atomic E-state index is 0.198. The van der Waals surface area contributed by atoms with E-state index < -0.39 is 5.82 Å². The molecule has 5 heteroatoms. The molecule has 0 spiro atoms. The Hall–Kier alpha value is -1.62. The highest BCUT2D eigenvalue weighted by Gasteiger charge is 2.13. The van der Waals surface area contributed by atoms with E-state index in [0.717, 1.165) is 0 Å². The van der Waals surface area contributed by atoms with Crippen molar-refractivity contribution in [2.24, 2.45) is 11.7 Å². The van der Waals surface area contributed by atoms with Crippen molar-refractivity contribution in [3.8, 4) is 5.75 Å². The summed E-state index contributed by atoms with van der Waals surface area (Å²) in [6, 6.07) is 3.86. The number of hydrogen-bond donors (Lipinski definition) is 2. The van der Waals surface area contributed by atoms with Crippen molar-refractivity contribution >= 4 is 5.91 Å². The fraction of sp³-hybridized carbons (Fsp3) is 0.462. The van der Waals surface area contributed by atoms with Crippen LogP contribution in [0.25, 0.3) is 0 Å². The molecule has 1 aromatic carbocycles. The van der Waals surface area contributed by atoms with Crippen LogP contribution in [0.15, 0.2) is 18.2 Å². The van der Waals surface area contributed by atoms with Crippen molar-refractivity contribution in [1.82, 2.24) is 5.32 Å². The molecule has 0 aliphatic rings. The summed E-state index contributed by atoms with van der Waals surface area (Å²) in [6.07, 6.45) is 0. The molecular formula is C13H19FN2O2. The average molecular weight is 254 g/mol. The first-order chi connectivity index (χ1) is 8.54. The van der Waals surface area contributed by atoms with Gasteiger partial charge in [-0.05, 0) is 24.1 Å². The van der Waals surface area contributed by atoms with Crippen molar-refractivity contribution in [3.63, 3.8) is 0 Å². The Kier molecular flexibility index (Phi) is 5.58. The summed E-state index contributed by atoms with van der Waals surface area (Å²) in [5, 5.41) is 2.73. The van der Waals surface area contributed by atoms with Crippen LogP contribution in [0.1, 0.15) is 24.2 Å². The van der Waals surface area contributed by atoms with E-state index in [4.69, 9.17) is 10.5 Å². The number of carbonyl (C=O) groups excluding carboxylic acids is 1. The lowest BCUT2D eigenvalue weighted by Gasteiger charge is -2.12. The Bertz CT molecular complexity index is 408. The second kappa shape index (κ2) is 6.96. The van der Waals surface area contributed by atoms with Crippen LogP contribution in [0.2, 0.25) is 0 Å². The third-order valence-electron chi connectivity index (χ3n) is 2.23. The van der Waals surface area contributed by atoms with Gasteiger partial charge in [-0.3, -0.25) is 4.79 Å². The zero-order valence-corrected chi connectivity index (χ0v) is 10.7. The maximum atomic E-state index is 13.2. The van der Waals surface area contributed by atoms with Gasteiger partial charge in [-0.1, -0.05) is 13.8 Å². The topological polar surface area (TPSA) is 64.3 Å². The first kappa shape index (κ1) is 14.4. The fourth-order valence-electron chi connectivity index (χ4n) is 1.37. The summed E-state index contributed by atoms with van der Waals surface area (Å²) < 4.78 is 18.5. The minimum atomic E-state index is -0.468. The van der Waals surface area contributed by atoms with Gasteiger partial charge in [-0.25, -0.2) is 4.39 Å². The highest BCUT2D eigenvalue weighted by Crippen LogP contribution is 2.19. The van der Waals surface area contributed by atoms with Crippen molar-refractivity contribution < 1.29 is 13.9 Å². The number of rotatable bonds is 6. The maximum Gasteiger partial charge on any atom is 0.255 e. The van der Waals surface area contributed by atoms with Crippen molar-refractivity contribution in [1.29, 1.82) is 0 Å². The first-order valence-electron chi connectivity index (χ1n) is 5.95. The van der Waals surface area contributed by atoms with Crippen LogP contribution in [0, 0.1) is 11.7 Å². The van der Waals surface area contributed by atoms with Crippen LogP contribution >= 0.6 is 0 Å². The summed E-state index contributed by atoms with van der Waals surface area (Å²) in [5.74, 6) is -0.126. The molecule has 0 saturated heterocycles. The third-order valence-corrected chi connectivity index (χ3v) is 2.23. The Morgan fingerprint density at radius 3 is 2.83 bits per heavy atom. The summed E-state index contributed by atoms with van der Waals surface area (Å²) in [6.45, 7) is 5.13. The number of hydrogen-bond acceptors (Lipinski definition) is 3. The van der Waals surface area contributed by atoms with Gasteiger partial charge in [0.2, 0.25) is 0 Å². The highest BCUT2D eigenvalue weighted by molar-refractivity contribution is 5.96. The lowest BCUT2D eigenvalue weighted by atomic mass is 10.1. The third kappa shape index (κ3) is 4.33. The van der Waals surface area contributed by atoms with Gasteiger partial charge in [0.25, 0.3) is 5.91 Å². The molecule has 4 nitrogen and oxygen atoms in total. The van der Waals surface area contributed by atoms with Gasteiger partial charge in [0.1, 0.15) is 18.2 Å². The van der Waals surface area contributed by atoms with Crippen LogP contribution in [-0.4, -0.2) is 25.6 Å². The number of ether oxygens (including phenoxy) is 1. The number of halogens is 1. The molecule has 1 aromatic rings. The molecule has 0 radical (unpaired) electrons. The molecule has 0 fully saturated rings. The molecule has 0 unspecified atom stereocenters. The van der Waals surface area contributed by atoms with Gasteiger partial charge in [0, 0.05) is 13.1 Å². The zero-order chi connectivity index (χ0) is 13.5. The Labute approximate surface area is 106 Å². The molecule has 0 heterocycles. The SMILES string of the molecule is CC(C)CNC(=O)c1cc(F)ccc1OCCN. The molecular weight excluding hydrogens is 235 g/mol. The second-order valence-electron chi connectivity index (χ2n) is 4.38. The monoisotopic (exact) mass is 254 g/mol. The predicted octanol–water partition coefficient (Wildman–Crippen LogP) is 1.55. The Morgan fingerprint density at radius 2 is 2.22 bits per heavy atom. The van der Waals surface area contributed by atoms with Gasteiger partial charge in [0.15, 0.2) is 0 Å². The van der Waals surface area contributed by atoms with Crippen LogP contribution in [0.4, 0.5) is 4.39 Å². The van der Waals surface area contributed by atoms with Gasteiger partial charge in [0.05, 0.1) is 5.56 Å². The van der Waals surface area contributed by atoms with Crippen molar-refractivity contribution in [3.05, 3.63) is 29.6 Å². The van der Waals surface area contributed by atoms with E-state index in [9.17, 15) is 9.18 Å². The molecule has 0 bridgehead atoms. The molecule has 18 heavy (non-hydrogen) atoms. The van der Waals surface area contributed by atoms with E-state index in [0.29, 0.717) is 24.8 Å². The van der Waals surface area contributed by atoms with Crippen LogP contribution in [0.5, 0.6) is 5.75 Å². The predicted molar refractivity (Wildman–Crippen MR) is 68.1 cm³/mol. The standard InChI is InChI=1S/C13H19FN2O2/c1-9(2)8-16-13(17)11-7-10(14)3-4-12(11)18-6-5-15/h3-4,7,9H,5-6,8,15H2,1-2H3,(H,16,17). The maximum absolute atomic E-state index is 13.2. The number of benzene rings is 1. The van der Waals surface area contributed by atoms with Gasteiger partial charge in [-0.2, -0.15) is 0 Å². The average Bonchev–Trinajstić information content (AvgIpc) is 2.34. The smallest absolute Gasteiger partial charge is 0.255 e. The van der Waals surface area contributed by atoms with Gasteiger partial charge in [-0.15, -0.1) is 0 Å². The largest absolute Gasteiger partial charge is 0.491 e. The molecule has 0 aliphatic heterocycles. The van der Waals surface area contributed by atoms with Crippen molar-refractivity contribution in [2.45, 2.75) is 13.8 Å². The lowest BCUT2D eigenvalue weighted by molar-refractivity contribution is 0.0944. The summed E-state index contributed by atoms with van der Waals surface area (Å²) in [4.78, 5) is 11.9. The molecule has 0 atom stereocenters. The van der Waals surface area contributed by atoms with E-state index in [1.165, 1.54) is 18.2 Å². The summed E-state index contributed by atoms with van der Waals surface area (Å²) in [5.41, 5.74) is 5.53. The van der Waals surface area contributed by atoms with Crippen LogP contribution in [0.3, 0.4) is 0 Å². The summed E-state index contributed by atoms with van der Waals surface area (Å²) in [7, 11) is 0. The highest BCUT2D eigenvalue weighted by atomic mass is 19.1. The minimum Gasteiger partial charge on any atom is -0.491 e. The fourth-order valence-corrected chi connectivity index (χ4v) is 1.37. The number of nitrogens with two attached hydrogens (primary N) is 1. The molecule has 100 valence electrons. The zero-order valence-electron chi connectivity index (χ0n) is 10.7. The quantitative estimate of drug-likeness (QED) is 0.809. The normalized spacial score (nSPS) is 10.5. The van der Waals surface area contributed by atoms with E-state index in [-0.39, 0.29) is 18.1 Å². The number of amides is 1. The van der Waals surface area contributed by atoms with E-state index >= 15 is 0 Å². The second-order valence-corrected chi connectivity index (χ2v) is 4.38. The molecule has 0 aliphatic carbocycles. The molecule has 0 saturated carbocycles. The Morgan fingerprint density at radius 1 is 1.50 bits per heavy atom. The molecule has 0 aromatic heterocycles. The van der Waals surface area contributed by atoms with Crippen LogP contribution < -0.4 is 15.8 Å². The molecule has 1 rings (SSSR count). The molecule has 3 N–H and O–H groups in total. The number of carbonyl (C=O) groups is 1. The van der Waals surface area contributed by atoms with Crippen LogP contribution in [-0.2, 0) is 0 Å². The van der Waals surface area contributed by atoms with Crippen molar-refractivity contribution in [2.75, 3.05) is 19.7 Å². The summed E-state index contributed by atoms with van der Waals surface area (Å²) >= 11 is 0. The Balaban J connectivity index is 2.83. The first-order valence-corrected chi connectivity index (χ1v) is 5.95. The van der Waals surface area contributed by atoms with E-state index in [1.807, 2.05) is 13.8 Å². The molecule has 1 amide bonds. The lowest BCUT2D eigenvalue weighted by Crippen LogP contribution is -2.28. The van der Waals surface area contributed by atoms with E-state index in [2.05, 4.69) is 5.32 Å². The number of nitrogens with one attached hydrogen (secondary N) is 1. The van der Waals surface area contributed by atoms with Gasteiger partial charge < -0.3 is 15.8 Å².